The third-order valence-electron chi connectivity index (χ3n) is 3.56. The van der Waals surface area contributed by atoms with E-state index in [2.05, 4.69) is 10.6 Å². The number of carbonyl (C=O) groups excluding carboxylic acids is 2. The van der Waals surface area contributed by atoms with Gasteiger partial charge in [0.05, 0.1) is 6.54 Å². The van der Waals surface area contributed by atoms with E-state index in [-0.39, 0.29) is 6.54 Å². The maximum Gasteiger partial charge on any atom is 0.309 e. The number of nitrogens with one attached hydrogen (secondary N) is 2. The molecular formula is C16H22N2O3. The highest BCUT2D eigenvalue weighted by Gasteiger charge is 2.37. The van der Waals surface area contributed by atoms with Crippen molar-refractivity contribution >= 4 is 11.8 Å². The summed E-state index contributed by atoms with van der Waals surface area (Å²) in [5.74, 6) is -1.40. The van der Waals surface area contributed by atoms with Crippen molar-refractivity contribution in [2.75, 3.05) is 6.54 Å². The Hall–Kier alpha value is -1.88. The number of hydrogen-bond acceptors (Lipinski definition) is 3. The normalized spacial score (nSPS) is 20.8. The van der Waals surface area contributed by atoms with Crippen molar-refractivity contribution in [2.24, 2.45) is 0 Å². The number of fused-ring (bicyclic) bond motifs is 1. The van der Waals surface area contributed by atoms with Gasteiger partial charge in [-0.15, -0.1) is 0 Å². The van der Waals surface area contributed by atoms with E-state index in [9.17, 15) is 14.7 Å². The minimum absolute atomic E-state index is 0.0421. The molecule has 2 amide bonds. The lowest BCUT2D eigenvalue weighted by Crippen LogP contribution is -2.50. The maximum absolute atomic E-state index is 11.8. The van der Waals surface area contributed by atoms with Crippen molar-refractivity contribution in [3.05, 3.63) is 35.4 Å². The quantitative estimate of drug-likeness (QED) is 0.707. The second kappa shape index (κ2) is 5.48. The second-order valence-electron chi connectivity index (χ2n) is 6.58. The Kier molecular flexibility index (Phi) is 4.05. The van der Waals surface area contributed by atoms with Gasteiger partial charge >= 0.3 is 11.8 Å². The topological polar surface area (TPSA) is 78.4 Å². The average molecular weight is 290 g/mol. The molecule has 5 heteroatoms. The van der Waals surface area contributed by atoms with Gasteiger partial charge < -0.3 is 15.7 Å². The lowest BCUT2D eigenvalue weighted by molar-refractivity contribution is -0.140. The van der Waals surface area contributed by atoms with E-state index >= 15 is 0 Å². The van der Waals surface area contributed by atoms with Crippen molar-refractivity contribution in [1.82, 2.24) is 10.6 Å². The molecule has 0 saturated carbocycles. The van der Waals surface area contributed by atoms with Gasteiger partial charge in [-0.25, -0.2) is 0 Å². The van der Waals surface area contributed by atoms with E-state index < -0.39 is 23.0 Å². The average Bonchev–Trinajstić information content (AvgIpc) is 2.73. The third-order valence-corrected chi connectivity index (χ3v) is 3.56. The van der Waals surface area contributed by atoms with E-state index in [1.165, 1.54) is 0 Å². The lowest BCUT2D eigenvalue weighted by Gasteiger charge is -2.25. The number of benzene rings is 1. The van der Waals surface area contributed by atoms with Crippen LogP contribution in [-0.2, 0) is 21.6 Å². The summed E-state index contributed by atoms with van der Waals surface area (Å²) in [6.45, 7) is 5.46. The maximum atomic E-state index is 11.8. The zero-order valence-corrected chi connectivity index (χ0v) is 12.7. The van der Waals surface area contributed by atoms with Crippen LogP contribution in [0, 0.1) is 0 Å². The number of aryl methyl sites for hydroxylation is 1. The van der Waals surface area contributed by atoms with Crippen molar-refractivity contribution in [1.29, 1.82) is 0 Å². The van der Waals surface area contributed by atoms with Gasteiger partial charge in [0.1, 0.15) is 5.60 Å². The first kappa shape index (κ1) is 15.5. The standard InChI is InChI=1S/C16H22N2O3/c1-15(2,3)18-14(20)13(19)17-10-16(21)9-8-11-6-4-5-7-12(11)16/h4-7,21H,8-10H2,1-3H3,(H,17,19)(H,18,20). The van der Waals surface area contributed by atoms with E-state index in [0.717, 1.165) is 17.5 Å². The molecule has 3 N–H and O–H groups in total. The smallest absolute Gasteiger partial charge is 0.309 e. The molecule has 1 aromatic carbocycles. The molecular weight excluding hydrogens is 268 g/mol. The molecule has 1 aliphatic rings. The number of rotatable bonds is 2. The summed E-state index contributed by atoms with van der Waals surface area (Å²) >= 11 is 0. The molecule has 21 heavy (non-hydrogen) atoms. The summed E-state index contributed by atoms with van der Waals surface area (Å²) in [7, 11) is 0. The van der Waals surface area contributed by atoms with Crippen LogP contribution < -0.4 is 10.6 Å². The Morgan fingerprint density at radius 2 is 1.90 bits per heavy atom. The van der Waals surface area contributed by atoms with E-state index in [1.807, 2.05) is 24.3 Å². The first-order chi connectivity index (χ1) is 9.71. The number of amides is 2. The summed E-state index contributed by atoms with van der Waals surface area (Å²) in [5.41, 5.74) is 0.370. The van der Waals surface area contributed by atoms with Crippen LogP contribution in [0.25, 0.3) is 0 Å². The molecule has 0 aliphatic heterocycles. The Morgan fingerprint density at radius 1 is 1.24 bits per heavy atom. The molecule has 0 fully saturated rings. The van der Waals surface area contributed by atoms with Gasteiger partial charge in [0, 0.05) is 5.54 Å². The van der Waals surface area contributed by atoms with Crippen LogP contribution in [0.3, 0.4) is 0 Å². The summed E-state index contributed by atoms with van der Waals surface area (Å²) in [6, 6.07) is 7.63. The van der Waals surface area contributed by atoms with Gasteiger partial charge in [0.25, 0.3) is 0 Å². The Bertz CT molecular complexity index is 563. The van der Waals surface area contributed by atoms with Crippen LogP contribution >= 0.6 is 0 Å². The second-order valence-corrected chi connectivity index (χ2v) is 6.58. The molecule has 1 unspecified atom stereocenters. The summed E-state index contributed by atoms with van der Waals surface area (Å²) < 4.78 is 0. The molecule has 1 aromatic rings. The largest absolute Gasteiger partial charge is 0.383 e. The van der Waals surface area contributed by atoms with Crippen molar-refractivity contribution < 1.29 is 14.7 Å². The third kappa shape index (κ3) is 3.61. The zero-order valence-electron chi connectivity index (χ0n) is 12.7. The molecule has 114 valence electrons. The fourth-order valence-corrected chi connectivity index (χ4v) is 2.56. The molecule has 0 aromatic heterocycles. The summed E-state index contributed by atoms with van der Waals surface area (Å²) in [5, 5.41) is 15.8. The van der Waals surface area contributed by atoms with Gasteiger partial charge in [-0.1, -0.05) is 24.3 Å². The minimum Gasteiger partial charge on any atom is -0.383 e. The molecule has 0 saturated heterocycles. The fraction of sp³-hybridized carbons (Fsp3) is 0.500. The molecule has 5 nitrogen and oxygen atoms in total. The van der Waals surface area contributed by atoms with Crippen LogP contribution in [0.2, 0.25) is 0 Å². The van der Waals surface area contributed by atoms with Crippen LogP contribution in [0.15, 0.2) is 24.3 Å². The predicted octanol–water partition coefficient (Wildman–Crippen LogP) is 0.851. The minimum atomic E-state index is -1.09. The number of aliphatic hydroxyl groups is 1. The van der Waals surface area contributed by atoms with E-state index in [0.29, 0.717) is 6.42 Å². The molecule has 0 spiro atoms. The first-order valence-corrected chi connectivity index (χ1v) is 7.12. The summed E-state index contributed by atoms with van der Waals surface area (Å²) in [6.07, 6.45) is 1.32. The van der Waals surface area contributed by atoms with Crippen LogP contribution in [0.1, 0.15) is 38.3 Å². The summed E-state index contributed by atoms with van der Waals surface area (Å²) in [4.78, 5) is 23.5. The van der Waals surface area contributed by atoms with E-state index in [1.54, 1.807) is 20.8 Å². The highest BCUT2D eigenvalue weighted by atomic mass is 16.3. The fourth-order valence-electron chi connectivity index (χ4n) is 2.56. The molecule has 0 heterocycles. The van der Waals surface area contributed by atoms with Crippen LogP contribution in [0.5, 0.6) is 0 Å². The van der Waals surface area contributed by atoms with Gasteiger partial charge in [0.15, 0.2) is 0 Å². The molecule has 2 rings (SSSR count). The van der Waals surface area contributed by atoms with Crippen LogP contribution in [0.4, 0.5) is 0 Å². The Balaban J connectivity index is 1.98. The molecule has 0 radical (unpaired) electrons. The predicted molar refractivity (Wildman–Crippen MR) is 79.6 cm³/mol. The number of carbonyl (C=O) groups is 2. The van der Waals surface area contributed by atoms with Crippen molar-refractivity contribution in [2.45, 2.75) is 44.8 Å². The Morgan fingerprint density at radius 3 is 2.57 bits per heavy atom. The van der Waals surface area contributed by atoms with Crippen molar-refractivity contribution in [3.63, 3.8) is 0 Å². The molecule has 1 aliphatic carbocycles. The molecule has 0 bridgehead atoms. The lowest BCUT2D eigenvalue weighted by atomic mass is 9.96. The Labute approximate surface area is 124 Å². The van der Waals surface area contributed by atoms with Crippen molar-refractivity contribution in [3.8, 4) is 0 Å². The number of hydrogen-bond donors (Lipinski definition) is 3. The first-order valence-electron chi connectivity index (χ1n) is 7.12. The van der Waals surface area contributed by atoms with Gasteiger partial charge in [-0.05, 0) is 44.7 Å². The van der Waals surface area contributed by atoms with Gasteiger partial charge in [-0.2, -0.15) is 0 Å². The van der Waals surface area contributed by atoms with Gasteiger partial charge in [-0.3, -0.25) is 9.59 Å². The van der Waals surface area contributed by atoms with Crippen LogP contribution in [-0.4, -0.2) is 29.0 Å². The van der Waals surface area contributed by atoms with Gasteiger partial charge in [0.2, 0.25) is 0 Å². The highest BCUT2D eigenvalue weighted by molar-refractivity contribution is 6.35. The molecule has 1 atom stereocenters. The SMILES string of the molecule is CC(C)(C)NC(=O)C(=O)NCC1(O)CCc2ccccc21. The monoisotopic (exact) mass is 290 g/mol. The van der Waals surface area contributed by atoms with E-state index in [4.69, 9.17) is 0 Å². The highest BCUT2D eigenvalue weighted by Crippen LogP contribution is 2.36. The zero-order chi connectivity index (χ0) is 15.7.